The molecule has 2 fully saturated rings. The highest BCUT2D eigenvalue weighted by molar-refractivity contribution is 5.93. The fourth-order valence-corrected chi connectivity index (χ4v) is 5.28. The fraction of sp³-hybridized carbons (Fsp3) is 0.391. The van der Waals surface area contributed by atoms with Gasteiger partial charge in [0, 0.05) is 18.5 Å². The number of piperidine rings is 1. The monoisotopic (exact) mass is 375 g/mol. The minimum absolute atomic E-state index is 0.0151. The summed E-state index contributed by atoms with van der Waals surface area (Å²) in [6, 6.07) is 17.7. The van der Waals surface area contributed by atoms with Gasteiger partial charge >= 0.3 is 0 Å². The second kappa shape index (κ2) is 6.74. The Kier molecular flexibility index (Phi) is 4.20. The minimum Gasteiger partial charge on any atom is -0.385 e. The quantitative estimate of drug-likeness (QED) is 0.744. The van der Waals surface area contributed by atoms with Gasteiger partial charge in [0.15, 0.2) is 0 Å². The van der Waals surface area contributed by atoms with Crippen LogP contribution in [0.3, 0.4) is 0 Å². The minimum atomic E-state index is -0.860. The number of hydrogen-bond donors (Lipinski definition) is 1. The summed E-state index contributed by atoms with van der Waals surface area (Å²) in [5.41, 5.74) is 1.63. The average Bonchev–Trinajstić information content (AvgIpc) is 3.23. The van der Waals surface area contributed by atoms with E-state index in [0.717, 1.165) is 36.8 Å². The summed E-state index contributed by atoms with van der Waals surface area (Å²) in [5.74, 6) is 0.0829. The van der Waals surface area contributed by atoms with E-state index in [1.54, 1.807) is 10.7 Å². The summed E-state index contributed by atoms with van der Waals surface area (Å²) >= 11 is 0. The standard InChI is InChI=1S/C23H25N3O2/c27-22(21-12-6-9-18-13-15-24-26(18)21)25-16-14-23(28,17-7-2-1-3-8-17)19-10-4-5-11-20(19)25/h1-3,6-9,12-13,15,19-20,28H,4-5,10-11,14,16H2/t19-,20-,23+/m1/s1. The van der Waals surface area contributed by atoms with Crippen LogP contribution < -0.4 is 0 Å². The van der Waals surface area contributed by atoms with Gasteiger partial charge < -0.3 is 10.0 Å². The first kappa shape index (κ1) is 17.4. The number of rotatable bonds is 2. The molecule has 5 nitrogen and oxygen atoms in total. The summed E-state index contributed by atoms with van der Waals surface area (Å²) in [6.07, 6.45) is 6.39. The van der Waals surface area contributed by atoms with Crippen LogP contribution in [0.5, 0.6) is 0 Å². The lowest BCUT2D eigenvalue weighted by molar-refractivity contribution is -0.110. The summed E-state index contributed by atoms with van der Waals surface area (Å²) in [5, 5.41) is 16.0. The van der Waals surface area contributed by atoms with Crippen molar-refractivity contribution in [2.75, 3.05) is 6.54 Å². The largest absolute Gasteiger partial charge is 0.385 e. The van der Waals surface area contributed by atoms with Gasteiger partial charge in [-0.15, -0.1) is 0 Å². The molecule has 2 aromatic heterocycles. The lowest BCUT2D eigenvalue weighted by Crippen LogP contribution is -2.59. The number of aromatic nitrogens is 2. The molecule has 3 heterocycles. The number of carbonyl (C=O) groups excluding carboxylic acids is 1. The van der Waals surface area contributed by atoms with Crippen molar-refractivity contribution in [3.05, 3.63) is 72.1 Å². The van der Waals surface area contributed by atoms with Crippen LogP contribution in [-0.2, 0) is 5.60 Å². The van der Waals surface area contributed by atoms with Gasteiger partial charge in [-0.1, -0.05) is 49.2 Å². The highest BCUT2D eigenvalue weighted by atomic mass is 16.3. The molecule has 1 aromatic carbocycles. The number of likely N-dealkylation sites (tertiary alicyclic amines) is 1. The Morgan fingerprint density at radius 1 is 1.04 bits per heavy atom. The third-order valence-electron chi connectivity index (χ3n) is 6.65. The number of pyridine rings is 1. The van der Waals surface area contributed by atoms with Crippen molar-refractivity contribution in [3.8, 4) is 0 Å². The molecule has 0 spiro atoms. The molecule has 5 heteroatoms. The van der Waals surface area contributed by atoms with Gasteiger partial charge in [-0.25, -0.2) is 4.52 Å². The molecule has 1 N–H and O–H groups in total. The zero-order valence-corrected chi connectivity index (χ0v) is 15.9. The smallest absolute Gasteiger partial charge is 0.272 e. The van der Waals surface area contributed by atoms with Crippen LogP contribution in [0.15, 0.2) is 60.8 Å². The van der Waals surface area contributed by atoms with E-state index in [9.17, 15) is 9.90 Å². The van der Waals surface area contributed by atoms with Gasteiger partial charge in [0.1, 0.15) is 5.69 Å². The van der Waals surface area contributed by atoms with Crippen LogP contribution in [0, 0.1) is 5.92 Å². The Morgan fingerprint density at radius 3 is 2.71 bits per heavy atom. The molecule has 0 unspecified atom stereocenters. The predicted molar refractivity (Wildman–Crippen MR) is 107 cm³/mol. The molecule has 28 heavy (non-hydrogen) atoms. The lowest BCUT2D eigenvalue weighted by atomic mass is 9.66. The maximum absolute atomic E-state index is 13.5. The van der Waals surface area contributed by atoms with Gasteiger partial charge in [0.2, 0.25) is 0 Å². The molecule has 3 aromatic rings. The van der Waals surface area contributed by atoms with Crippen LogP contribution in [-0.4, -0.2) is 38.1 Å². The average molecular weight is 375 g/mol. The Balaban J connectivity index is 1.51. The topological polar surface area (TPSA) is 57.8 Å². The lowest BCUT2D eigenvalue weighted by Gasteiger charge is -2.52. The van der Waals surface area contributed by atoms with E-state index in [1.807, 2.05) is 59.5 Å². The Morgan fingerprint density at radius 2 is 1.86 bits per heavy atom. The van der Waals surface area contributed by atoms with Crippen molar-refractivity contribution in [1.82, 2.24) is 14.5 Å². The molecular weight excluding hydrogens is 350 g/mol. The second-order valence-electron chi connectivity index (χ2n) is 8.08. The molecule has 1 saturated carbocycles. The zero-order valence-electron chi connectivity index (χ0n) is 15.9. The van der Waals surface area contributed by atoms with Crippen LogP contribution in [0.2, 0.25) is 0 Å². The molecule has 0 bridgehead atoms. The second-order valence-corrected chi connectivity index (χ2v) is 8.08. The first-order valence-electron chi connectivity index (χ1n) is 10.2. The Hall–Kier alpha value is -2.66. The first-order chi connectivity index (χ1) is 13.7. The van der Waals surface area contributed by atoms with Crippen molar-refractivity contribution < 1.29 is 9.90 Å². The number of carbonyl (C=O) groups is 1. The molecule has 1 aliphatic heterocycles. The number of fused-ring (bicyclic) bond motifs is 2. The van der Waals surface area contributed by atoms with E-state index in [4.69, 9.17) is 0 Å². The third-order valence-corrected chi connectivity index (χ3v) is 6.65. The molecule has 1 amide bonds. The van der Waals surface area contributed by atoms with E-state index in [2.05, 4.69) is 5.10 Å². The van der Waals surface area contributed by atoms with Crippen LogP contribution in [0.25, 0.3) is 5.52 Å². The highest BCUT2D eigenvalue weighted by Crippen LogP contribution is 2.47. The SMILES string of the molecule is O=C(c1cccc2ccnn12)N1CC[C@](O)(c2ccccc2)[C@@H]2CCCC[C@H]21. The maximum Gasteiger partial charge on any atom is 0.272 e. The molecule has 2 aliphatic rings. The van der Waals surface area contributed by atoms with E-state index >= 15 is 0 Å². The summed E-state index contributed by atoms with van der Waals surface area (Å²) < 4.78 is 1.72. The Labute approximate surface area is 164 Å². The maximum atomic E-state index is 13.5. The fourth-order valence-electron chi connectivity index (χ4n) is 5.28. The normalized spacial score (nSPS) is 27.5. The number of amides is 1. The highest BCUT2D eigenvalue weighted by Gasteiger charge is 2.50. The van der Waals surface area contributed by atoms with Crippen LogP contribution in [0.4, 0.5) is 0 Å². The van der Waals surface area contributed by atoms with Crippen molar-refractivity contribution in [1.29, 1.82) is 0 Å². The number of benzene rings is 1. The zero-order chi connectivity index (χ0) is 19.1. The molecule has 144 valence electrons. The van der Waals surface area contributed by atoms with E-state index in [1.165, 1.54) is 0 Å². The van der Waals surface area contributed by atoms with Crippen molar-refractivity contribution >= 4 is 11.4 Å². The van der Waals surface area contributed by atoms with Gasteiger partial charge in [-0.2, -0.15) is 5.10 Å². The predicted octanol–water partition coefficient (Wildman–Crippen LogP) is 3.63. The summed E-state index contributed by atoms with van der Waals surface area (Å²) in [4.78, 5) is 15.5. The molecule has 3 atom stereocenters. The van der Waals surface area contributed by atoms with Crippen molar-refractivity contribution in [3.63, 3.8) is 0 Å². The number of aliphatic hydroxyl groups is 1. The number of nitrogens with zero attached hydrogens (tertiary/aromatic N) is 3. The van der Waals surface area contributed by atoms with Crippen LogP contribution in [0.1, 0.15) is 48.2 Å². The van der Waals surface area contributed by atoms with Gasteiger partial charge in [-0.05, 0) is 43.0 Å². The van der Waals surface area contributed by atoms with E-state index in [0.29, 0.717) is 18.7 Å². The van der Waals surface area contributed by atoms with E-state index in [-0.39, 0.29) is 17.9 Å². The summed E-state index contributed by atoms with van der Waals surface area (Å²) in [7, 11) is 0. The third kappa shape index (κ3) is 2.65. The van der Waals surface area contributed by atoms with Crippen molar-refractivity contribution in [2.24, 2.45) is 5.92 Å². The van der Waals surface area contributed by atoms with Crippen LogP contribution >= 0.6 is 0 Å². The Bertz CT molecular complexity index is 999. The first-order valence-corrected chi connectivity index (χ1v) is 10.2. The van der Waals surface area contributed by atoms with Crippen molar-refractivity contribution in [2.45, 2.75) is 43.7 Å². The van der Waals surface area contributed by atoms with E-state index < -0.39 is 5.60 Å². The number of hydrogen-bond acceptors (Lipinski definition) is 3. The molecule has 1 saturated heterocycles. The van der Waals surface area contributed by atoms with Gasteiger partial charge in [0.25, 0.3) is 5.91 Å². The molecular formula is C23H25N3O2. The summed E-state index contributed by atoms with van der Waals surface area (Å²) in [6.45, 7) is 0.559. The molecule has 1 aliphatic carbocycles. The van der Waals surface area contributed by atoms with Gasteiger partial charge in [-0.3, -0.25) is 4.79 Å². The molecule has 0 radical (unpaired) electrons. The van der Waals surface area contributed by atoms with Gasteiger partial charge in [0.05, 0.1) is 17.3 Å². The molecule has 5 rings (SSSR count).